The lowest BCUT2D eigenvalue weighted by Gasteiger charge is -2.11. The first-order valence-electron chi connectivity index (χ1n) is 5.84. The zero-order valence-corrected chi connectivity index (χ0v) is 12.1. The molecular formula is C13H16BrN3O. The van der Waals surface area contributed by atoms with Gasteiger partial charge < -0.3 is 9.64 Å². The summed E-state index contributed by atoms with van der Waals surface area (Å²) in [6, 6.07) is 3.80. The van der Waals surface area contributed by atoms with Gasteiger partial charge in [-0.25, -0.2) is 4.98 Å². The normalized spacial score (nSPS) is 11.1. The highest BCUT2D eigenvalue weighted by Crippen LogP contribution is 2.23. The number of halogens is 1. The van der Waals surface area contributed by atoms with E-state index in [0.29, 0.717) is 6.61 Å². The second kappa shape index (κ2) is 6.11. The van der Waals surface area contributed by atoms with Crippen LogP contribution in [0, 0.1) is 0 Å². The predicted molar refractivity (Wildman–Crippen MR) is 75.9 cm³/mol. The van der Waals surface area contributed by atoms with E-state index in [1.54, 1.807) is 12.4 Å². The summed E-state index contributed by atoms with van der Waals surface area (Å²) < 4.78 is 6.69. The van der Waals surface area contributed by atoms with Crippen molar-refractivity contribution in [3.05, 3.63) is 29.0 Å². The van der Waals surface area contributed by atoms with E-state index < -0.39 is 0 Å². The molecule has 0 amide bonds. The van der Waals surface area contributed by atoms with E-state index in [9.17, 15) is 0 Å². The Morgan fingerprint density at radius 3 is 2.94 bits per heavy atom. The van der Waals surface area contributed by atoms with Crippen LogP contribution in [0.4, 0.5) is 0 Å². The van der Waals surface area contributed by atoms with Crippen LogP contribution in [-0.4, -0.2) is 42.1 Å². The molecule has 0 aliphatic rings. The lowest BCUT2D eigenvalue weighted by molar-refractivity contribution is 0.283. The van der Waals surface area contributed by atoms with Crippen molar-refractivity contribution < 1.29 is 4.74 Å². The molecule has 0 radical (unpaired) electrons. The fourth-order valence-electron chi connectivity index (χ4n) is 1.66. The molecule has 0 aliphatic carbocycles. The Kier molecular flexibility index (Phi) is 4.49. The maximum absolute atomic E-state index is 5.77. The van der Waals surface area contributed by atoms with Crippen molar-refractivity contribution in [2.45, 2.75) is 6.42 Å². The van der Waals surface area contributed by atoms with Gasteiger partial charge in [-0.2, -0.15) is 0 Å². The van der Waals surface area contributed by atoms with Crippen molar-refractivity contribution in [2.24, 2.45) is 0 Å². The van der Waals surface area contributed by atoms with E-state index in [2.05, 4.69) is 44.9 Å². The molecule has 0 atom stereocenters. The number of nitrogens with zero attached hydrogens (tertiary/aromatic N) is 3. The number of ether oxygens (including phenoxy) is 1. The Bertz CT molecular complexity index is 531. The molecule has 0 aliphatic heterocycles. The summed E-state index contributed by atoms with van der Waals surface area (Å²) >= 11 is 3.39. The zero-order chi connectivity index (χ0) is 13.0. The Morgan fingerprint density at radius 1 is 1.33 bits per heavy atom. The fourth-order valence-corrected chi connectivity index (χ4v) is 1.98. The zero-order valence-electron chi connectivity index (χ0n) is 10.6. The molecule has 0 N–H and O–H groups in total. The number of rotatable bonds is 5. The highest BCUT2D eigenvalue weighted by Gasteiger charge is 2.05. The van der Waals surface area contributed by atoms with E-state index in [-0.39, 0.29) is 0 Å². The van der Waals surface area contributed by atoms with Crippen molar-refractivity contribution in [1.29, 1.82) is 0 Å². The van der Waals surface area contributed by atoms with Gasteiger partial charge in [0.1, 0.15) is 11.3 Å². The Hall–Kier alpha value is -1.20. The number of hydrogen-bond acceptors (Lipinski definition) is 4. The minimum absolute atomic E-state index is 0.690. The van der Waals surface area contributed by atoms with Crippen molar-refractivity contribution in [2.75, 3.05) is 27.2 Å². The van der Waals surface area contributed by atoms with Crippen LogP contribution in [0.2, 0.25) is 0 Å². The summed E-state index contributed by atoms with van der Waals surface area (Å²) in [4.78, 5) is 10.8. The Labute approximate surface area is 115 Å². The largest absolute Gasteiger partial charge is 0.491 e. The third kappa shape index (κ3) is 3.40. The molecule has 18 heavy (non-hydrogen) atoms. The molecule has 0 unspecified atom stereocenters. The molecule has 2 rings (SSSR count). The van der Waals surface area contributed by atoms with Gasteiger partial charge in [0.2, 0.25) is 0 Å². The van der Waals surface area contributed by atoms with Gasteiger partial charge in [0.15, 0.2) is 0 Å². The van der Waals surface area contributed by atoms with Gasteiger partial charge in [-0.15, -0.1) is 0 Å². The summed E-state index contributed by atoms with van der Waals surface area (Å²) in [5.41, 5.74) is 1.65. The minimum atomic E-state index is 0.690. The van der Waals surface area contributed by atoms with Crippen LogP contribution in [0.5, 0.6) is 5.75 Å². The van der Waals surface area contributed by atoms with Gasteiger partial charge in [0.25, 0.3) is 0 Å². The molecule has 0 saturated heterocycles. The number of fused-ring (bicyclic) bond motifs is 1. The Balaban J connectivity index is 2.08. The quantitative estimate of drug-likeness (QED) is 0.796. The van der Waals surface area contributed by atoms with Crippen LogP contribution < -0.4 is 4.74 Å². The van der Waals surface area contributed by atoms with Crippen molar-refractivity contribution >= 4 is 27.0 Å². The smallest absolute Gasteiger partial charge is 0.148 e. The average Bonchev–Trinajstić information content (AvgIpc) is 2.34. The summed E-state index contributed by atoms with van der Waals surface area (Å²) in [6.07, 6.45) is 4.50. The predicted octanol–water partition coefficient (Wildman–Crippen LogP) is 2.72. The molecule has 2 heterocycles. The van der Waals surface area contributed by atoms with Gasteiger partial charge in [-0.3, -0.25) is 4.98 Å². The lowest BCUT2D eigenvalue weighted by Crippen LogP contribution is -2.15. The molecule has 0 spiro atoms. The third-order valence-electron chi connectivity index (χ3n) is 2.51. The second-order valence-corrected chi connectivity index (χ2v) is 5.25. The standard InChI is InChI=1S/C13H16BrN3O/c1-17(2)6-3-7-18-12-4-5-15-11-8-10(14)9-16-13(11)12/h4-5,8-9H,3,6-7H2,1-2H3. The van der Waals surface area contributed by atoms with Crippen molar-refractivity contribution in [1.82, 2.24) is 14.9 Å². The molecule has 4 nitrogen and oxygen atoms in total. The van der Waals surface area contributed by atoms with E-state index >= 15 is 0 Å². The van der Waals surface area contributed by atoms with Crippen LogP contribution in [0.25, 0.3) is 11.0 Å². The summed E-state index contributed by atoms with van der Waals surface area (Å²) in [5, 5.41) is 0. The number of aromatic nitrogens is 2. The van der Waals surface area contributed by atoms with Crippen LogP contribution in [0.15, 0.2) is 29.0 Å². The van der Waals surface area contributed by atoms with Gasteiger partial charge in [-0.05, 0) is 42.5 Å². The first-order chi connectivity index (χ1) is 8.66. The number of hydrogen-bond donors (Lipinski definition) is 0. The molecule has 0 bridgehead atoms. The highest BCUT2D eigenvalue weighted by atomic mass is 79.9. The lowest BCUT2D eigenvalue weighted by atomic mass is 10.3. The van der Waals surface area contributed by atoms with E-state index in [4.69, 9.17) is 4.74 Å². The molecule has 5 heteroatoms. The monoisotopic (exact) mass is 309 g/mol. The summed E-state index contributed by atoms with van der Waals surface area (Å²) in [6.45, 7) is 1.71. The first kappa shape index (κ1) is 13.2. The van der Waals surface area contributed by atoms with Gasteiger partial charge in [0.05, 0.1) is 12.1 Å². The average molecular weight is 310 g/mol. The van der Waals surface area contributed by atoms with Crippen LogP contribution >= 0.6 is 15.9 Å². The van der Waals surface area contributed by atoms with Gasteiger partial charge >= 0.3 is 0 Å². The molecule has 2 aromatic heterocycles. The van der Waals surface area contributed by atoms with Crippen LogP contribution in [0.1, 0.15) is 6.42 Å². The van der Waals surface area contributed by atoms with Gasteiger partial charge in [-0.1, -0.05) is 0 Å². The summed E-state index contributed by atoms with van der Waals surface area (Å²) in [7, 11) is 4.11. The third-order valence-corrected chi connectivity index (χ3v) is 2.95. The molecule has 0 saturated carbocycles. The fraction of sp³-hybridized carbons (Fsp3) is 0.385. The van der Waals surface area contributed by atoms with E-state index in [0.717, 1.165) is 34.2 Å². The Morgan fingerprint density at radius 2 is 2.17 bits per heavy atom. The highest BCUT2D eigenvalue weighted by molar-refractivity contribution is 9.10. The molecule has 0 fully saturated rings. The summed E-state index contributed by atoms with van der Waals surface area (Å²) in [5.74, 6) is 0.797. The molecule has 96 valence electrons. The minimum Gasteiger partial charge on any atom is -0.491 e. The van der Waals surface area contributed by atoms with E-state index in [1.165, 1.54) is 0 Å². The van der Waals surface area contributed by atoms with Crippen LogP contribution in [-0.2, 0) is 0 Å². The van der Waals surface area contributed by atoms with Crippen molar-refractivity contribution in [3.8, 4) is 5.75 Å². The molecule has 0 aromatic carbocycles. The van der Waals surface area contributed by atoms with E-state index in [1.807, 2.05) is 12.1 Å². The van der Waals surface area contributed by atoms with Crippen LogP contribution in [0.3, 0.4) is 0 Å². The SMILES string of the molecule is CN(C)CCCOc1ccnc2cc(Br)cnc12. The maximum Gasteiger partial charge on any atom is 0.148 e. The van der Waals surface area contributed by atoms with Gasteiger partial charge in [0, 0.05) is 29.5 Å². The first-order valence-corrected chi connectivity index (χ1v) is 6.64. The molecular weight excluding hydrogens is 294 g/mol. The topological polar surface area (TPSA) is 38.2 Å². The molecule has 2 aromatic rings. The number of pyridine rings is 2. The second-order valence-electron chi connectivity index (χ2n) is 4.34. The maximum atomic E-state index is 5.77. The van der Waals surface area contributed by atoms with Crippen molar-refractivity contribution in [3.63, 3.8) is 0 Å².